The minimum absolute atomic E-state index is 0.203. The van der Waals surface area contributed by atoms with E-state index in [0.717, 1.165) is 29.0 Å². The summed E-state index contributed by atoms with van der Waals surface area (Å²) in [5.41, 5.74) is 4.53. The van der Waals surface area contributed by atoms with Crippen LogP contribution in [0.4, 0.5) is 0 Å². The summed E-state index contributed by atoms with van der Waals surface area (Å²) in [6.07, 6.45) is -0.790. The van der Waals surface area contributed by atoms with Crippen molar-refractivity contribution in [3.63, 3.8) is 0 Å². The summed E-state index contributed by atoms with van der Waals surface area (Å²) in [5.74, 6) is 0.841. The number of likely N-dealkylation sites (N-methyl/N-ethyl adjacent to an activating group) is 1. The molecular weight excluding hydrogens is 374 g/mol. The van der Waals surface area contributed by atoms with E-state index >= 15 is 0 Å². The molecule has 0 aliphatic rings. The van der Waals surface area contributed by atoms with Crippen molar-refractivity contribution >= 4 is 0 Å². The zero-order chi connectivity index (χ0) is 21.3. The third-order valence-corrected chi connectivity index (χ3v) is 5.14. The topological polar surface area (TPSA) is 41.9 Å². The van der Waals surface area contributed by atoms with Crippen LogP contribution in [-0.2, 0) is 11.3 Å². The molecule has 30 heavy (non-hydrogen) atoms. The van der Waals surface area contributed by atoms with Gasteiger partial charge in [0.15, 0.2) is 0 Å². The molecule has 3 aromatic carbocycles. The first-order valence-corrected chi connectivity index (χ1v) is 10.3. The average molecular weight is 406 g/mol. The fraction of sp³-hybridized carbons (Fsp3) is 0.308. The molecule has 0 saturated heterocycles. The van der Waals surface area contributed by atoms with Crippen molar-refractivity contribution < 1.29 is 14.6 Å². The van der Waals surface area contributed by atoms with Crippen molar-refractivity contribution in [2.24, 2.45) is 0 Å². The first kappa shape index (κ1) is 22.0. The summed E-state index contributed by atoms with van der Waals surface area (Å²) in [7, 11) is 3.67. The van der Waals surface area contributed by atoms with Crippen LogP contribution in [0.3, 0.4) is 0 Å². The van der Waals surface area contributed by atoms with E-state index in [-0.39, 0.29) is 12.7 Å². The maximum absolute atomic E-state index is 10.6. The molecule has 1 N–H and O–H groups in total. The lowest BCUT2D eigenvalue weighted by atomic mass is 9.97. The molecule has 3 rings (SSSR count). The number of hydrogen-bond donors (Lipinski definition) is 1. The van der Waals surface area contributed by atoms with Crippen molar-refractivity contribution in [2.45, 2.75) is 25.7 Å². The number of hydrogen-bond acceptors (Lipinski definition) is 4. The molecule has 0 heterocycles. The zero-order valence-electron chi connectivity index (χ0n) is 18.0. The van der Waals surface area contributed by atoms with Gasteiger partial charge >= 0.3 is 0 Å². The smallest absolute Gasteiger partial charge is 0.119 e. The molecule has 158 valence electrons. The van der Waals surface area contributed by atoms with Gasteiger partial charge in [0.05, 0.1) is 19.8 Å². The Kier molecular flexibility index (Phi) is 8.03. The molecule has 0 aromatic heterocycles. The van der Waals surface area contributed by atoms with Gasteiger partial charge in [-0.15, -0.1) is 0 Å². The molecule has 0 aliphatic heterocycles. The lowest BCUT2D eigenvalue weighted by Crippen LogP contribution is -2.32. The summed E-state index contributed by atoms with van der Waals surface area (Å²) < 4.78 is 11.5. The predicted octanol–water partition coefficient (Wildman–Crippen LogP) is 4.60. The molecule has 0 fully saturated rings. The van der Waals surface area contributed by atoms with Gasteiger partial charge in [0.25, 0.3) is 0 Å². The van der Waals surface area contributed by atoms with Crippen LogP contribution in [0, 0.1) is 6.92 Å². The summed E-state index contributed by atoms with van der Waals surface area (Å²) in [6.45, 7) is 3.60. The first-order chi connectivity index (χ1) is 14.6. The Morgan fingerprint density at radius 2 is 1.67 bits per heavy atom. The Hall–Kier alpha value is -2.66. The van der Waals surface area contributed by atoms with E-state index < -0.39 is 6.10 Å². The summed E-state index contributed by atoms with van der Waals surface area (Å²) in [6, 6.07) is 26.4. The van der Waals surface area contributed by atoms with Gasteiger partial charge in [0, 0.05) is 13.1 Å². The number of rotatable bonds is 10. The standard InChI is InChI=1S/C26H31NO3/c1-20-10-7-8-15-25(20)26(22-12-5-4-6-13-22)30-19-23(28)18-27(2)17-21-11-9-14-24(16-21)29-3/h4-16,23,26,28H,17-19H2,1-3H3/t23-,26+/m1/s1. The van der Waals surface area contributed by atoms with Crippen LogP contribution in [0.5, 0.6) is 5.75 Å². The SMILES string of the molecule is COc1cccc(CN(C)C[C@@H](O)CO[C@@H](c2ccccc2)c2ccccc2C)c1. The van der Waals surface area contributed by atoms with Crippen LogP contribution in [0.1, 0.15) is 28.4 Å². The highest BCUT2D eigenvalue weighted by atomic mass is 16.5. The molecule has 0 radical (unpaired) electrons. The van der Waals surface area contributed by atoms with E-state index in [9.17, 15) is 5.11 Å². The van der Waals surface area contributed by atoms with Gasteiger partial charge in [-0.25, -0.2) is 0 Å². The van der Waals surface area contributed by atoms with Crippen molar-refractivity contribution in [1.29, 1.82) is 0 Å². The van der Waals surface area contributed by atoms with E-state index in [0.29, 0.717) is 6.54 Å². The van der Waals surface area contributed by atoms with E-state index in [4.69, 9.17) is 9.47 Å². The molecule has 3 aromatic rings. The summed E-state index contributed by atoms with van der Waals surface area (Å²) in [4.78, 5) is 2.09. The number of nitrogens with zero attached hydrogens (tertiary/aromatic N) is 1. The molecule has 0 bridgehead atoms. The van der Waals surface area contributed by atoms with Gasteiger partial charge in [-0.05, 0) is 48.4 Å². The van der Waals surface area contributed by atoms with Crippen molar-refractivity contribution in [3.8, 4) is 5.75 Å². The predicted molar refractivity (Wildman–Crippen MR) is 121 cm³/mol. The van der Waals surface area contributed by atoms with Crippen LogP contribution in [0.2, 0.25) is 0 Å². The number of methoxy groups -OCH3 is 1. The molecule has 0 unspecified atom stereocenters. The molecule has 4 nitrogen and oxygen atoms in total. The van der Waals surface area contributed by atoms with Crippen LogP contribution in [0.15, 0.2) is 78.9 Å². The van der Waals surface area contributed by atoms with Crippen molar-refractivity contribution in [2.75, 3.05) is 27.3 Å². The minimum Gasteiger partial charge on any atom is -0.497 e. The maximum Gasteiger partial charge on any atom is 0.119 e. The fourth-order valence-corrected chi connectivity index (χ4v) is 3.64. The Labute approximate surface area is 179 Å². The Morgan fingerprint density at radius 1 is 0.933 bits per heavy atom. The molecule has 4 heteroatoms. The highest BCUT2D eigenvalue weighted by Crippen LogP contribution is 2.28. The zero-order valence-corrected chi connectivity index (χ0v) is 18.0. The summed E-state index contributed by atoms with van der Waals surface area (Å²) >= 11 is 0. The van der Waals surface area contributed by atoms with Crippen LogP contribution in [-0.4, -0.2) is 43.4 Å². The third-order valence-electron chi connectivity index (χ3n) is 5.14. The normalized spacial score (nSPS) is 13.2. The van der Waals surface area contributed by atoms with E-state index in [1.54, 1.807) is 7.11 Å². The second-order valence-corrected chi connectivity index (χ2v) is 7.68. The molecule has 0 amide bonds. The largest absolute Gasteiger partial charge is 0.497 e. The third kappa shape index (κ3) is 6.17. The van der Waals surface area contributed by atoms with Crippen LogP contribution < -0.4 is 4.74 Å². The first-order valence-electron chi connectivity index (χ1n) is 10.3. The van der Waals surface area contributed by atoms with Crippen LogP contribution >= 0.6 is 0 Å². The minimum atomic E-state index is -0.587. The number of aliphatic hydroxyl groups is 1. The molecular formula is C26H31NO3. The van der Waals surface area contributed by atoms with Gasteiger partial charge < -0.3 is 14.6 Å². The van der Waals surface area contributed by atoms with Gasteiger partial charge in [-0.1, -0.05) is 66.7 Å². The fourth-order valence-electron chi connectivity index (χ4n) is 3.64. The van der Waals surface area contributed by atoms with E-state index in [2.05, 4.69) is 42.2 Å². The average Bonchev–Trinajstić information content (AvgIpc) is 2.76. The summed E-state index contributed by atoms with van der Waals surface area (Å²) in [5, 5.41) is 10.6. The number of ether oxygens (including phenoxy) is 2. The molecule has 2 atom stereocenters. The number of aryl methyl sites for hydroxylation is 1. The van der Waals surface area contributed by atoms with Crippen LogP contribution in [0.25, 0.3) is 0 Å². The highest BCUT2D eigenvalue weighted by Gasteiger charge is 2.19. The quantitative estimate of drug-likeness (QED) is 0.535. The lowest BCUT2D eigenvalue weighted by Gasteiger charge is -2.25. The Bertz CT molecular complexity index is 913. The maximum atomic E-state index is 10.6. The van der Waals surface area contributed by atoms with Gasteiger partial charge in [-0.2, -0.15) is 0 Å². The van der Waals surface area contributed by atoms with Gasteiger partial charge in [-0.3, -0.25) is 4.90 Å². The van der Waals surface area contributed by atoms with Gasteiger partial charge in [0.1, 0.15) is 11.9 Å². The molecule has 0 spiro atoms. The number of aliphatic hydroxyl groups excluding tert-OH is 1. The second-order valence-electron chi connectivity index (χ2n) is 7.68. The number of benzene rings is 3. The lowest BCUT2D eigenvalue weighted by molar-refractivity contribution is -0.00644. The Balaban J connectivity index is 1.61. The monoisotopic (exact) mass is 405 g/mol. The highest BCUT2D eigenvalue weighted by molar-refractivity contribution is 5.35. The second kappa shape index (κ2) is 10.9. The molecule has 0 saturated carbocycles. The van der Waals surface area contributed by atoms with Gasteiger partial charge in [0.2, 0.25) is 0 Å². The van der Waals surface area contributed by atoms with E-state index in [1.165, 1.54) is 5.56 Å². The Morgan fingerprint density at radius 3 is 2.40 bits per heavy atom. The van der Waals surface area contributed by atoms with Crippen molar-refractivity contribution in [3.05, 3.63) is 101 Å². The van der Waals surface area contributed by atoms with E-state index in [1.807, 2.05) is 55.6 Å². The molecule has 0 aliphatic carbocycles. The van der Waals surface area contributed by atoms with Crippen molar-refractivity contribution in [1.82, 2.24) is 4.90 Å².